The van der Waals surface area contributed by atoms with Gasteiger partial charge in [-0.15, -0.1) is 0 Å². The molecule has 0 aliphatic carbocycles. The van der Waals surface area contributed by atoms with Crippen molar-refractivity contribution < 1.29 is 9.53 Å². The maximum absolute atomic E-state index is 12.4. The van der Waals surface area contributed by atoms with Crippen molar-refractivity contribution in [1.82, 2.24) is 0 Å². The number of ether oxygens (including phenoxy) is 1. The van der Waals surface area contributed by atoms with Crippen LogP contribution in [0.15, 0.2) is 78.9 Å². The zero-order valence-corrected chi connectivity index (χ0v) is 13.0. The largest absolute Gasteiger partial charge is 0.462 e. The van der Waals surface area contributed by atoms with Crippen LogP contribution in [0.4, 0.5) is 0 Å². The molecular weight excluding hydrogens is 284 g/mol. The van der Waals surface area contributed by atoms with Gasteiger partial charge in [-0.05, 0) is 35.2 Å². The van der Waals surface area contributed by atoms with Gasteiger partial charge >= 0.3 is 5.97 Å². The molecular formula is C21H18O2. The fourth-order valence-electron chi connectivity index (χ4n) is 2.60. The first-order valence-corrected chi connectivity index (χ1v) is 7.71. The van der Waals surface area contributed by atoms with Gasteiger partial charge in [0.2, 0.25) is 0 Å². The molecule has 0 fully saturated rings. The summed E-state index contributed by atoms with van der Waals surface area (Å²) in [5.74, 6) is -0.288. The second-order valence-corrected chi connectivity index (χ2v) is 5.21. The molecule has 0 amide bonds. The van der Waals surface area contributed by atoms with Gasteiger partial charge in [0.1, 0.15) is 0 Å². The first kappa shape index (κ1) is 15.0. The maximum atomic E-state index is 12.4. The summed E-state index contributed by atoms with van der Waals surface area (Å²) in [5, 5.41) is 0. The van der Waals surface area contributed by atoms with E-state index in [0.717, 1.165) is 22.3 Å². The molecule has 0 aliphatic rings. The molecule has 0 aliphatic heterocycles. The molecule has 3 aromatic carbocycles. The molecule has 0 unspecified atom stereocenters. The molecule has 0 heterocycles. The van der Waals surface area contributed by atoms with E-state index in [0.29, 0.717) is 12.2 Å². The van der Waals surface area contributed by atoms with E-state index in [4.69, 9.17) is 4.74 Å². The molecule has 0 saturated carbocycles. The highest BCUT2D eigenvalue weighted by atomic mass is 16.5. The molecule has 3 rings (SSSR count). The minimum Gasteiger partial charge on any atom is -0.462 e. The Labute approximate surface area is 136 Å². The highest BCUT2D eigenvalue weighted by molar-refractivity contribution is 5.98. The van der Waals surface area contributed by atoms with Crippen LogP contribution in [0.1, 0.15) is 17.3 Å². The van der Waals surface area contributed by atoms with Gasteiger partial charge in [-0.1, -0.05) is 72.8 Å². The Kier molecular flexibility index (Phi) is 4.53. The van der Waals surface area contributed by atoms with Crippen LogP contribution in [0.25, 0.3) is 22.3 Å². The summed E-state index contributed by atoms with van der Waals surface area (Å²) in [6.45, 7) is 2.18. The highest BCUT2D eigenvalue weighted by Gasteiger charge is 2.15. The predicted molar refractivity (Wildman–Crippen MR) is 93.3 cm³/mol. The first-order chi connectivity index (χ1) is 11.3. The molecule has 2 heteroatoms. The number of carbonyl (C=O) groups excluding carboxylic acids is 1. The van der Waals surface area contributed by atoms with E-state index in [1.165, 1.54) is 0 Å². The first-order valence-electron chi connectivity index (χ1n) is 7.71. The van der Waals surface area contributed by atoms with E-state index in [9.17, 15) is 4.79 Å². The van der Waals surface area contributed by atoms with Crippen LogP contribution in [-0.2, 0) is 4.74 Å². The molecule has 23 heavy (non-hydrogen) atoms. The number of esters is 1. The Morgan fingerprint density at radius 2 is 1.39 bits per heavy atom. The third-order valence-electron chi connectivity index (χ3n) is 3.71. The minimum absolute atomic E-state index is 0.288. The Hall–Kier alpha value is -2.87. The number of benzene rings is 3. The van der Waals surface area contributed by atoms with E-state index in [1.807, 2.05) is 85.8 Å². The van der Waals surface area contributed by atoms with Gasteiger partial charge in [-0.2, -0.15) is 0 Å². The lowest BCUT2D eigenvalue weighted by molar-refractivity contribution is 0.0527. The fourth-order valence-corrected chi connectivity index (χ4v) is 2.60. The monoisotopic (exact) mass is 302 g/mol. The number of carbonyl (C=O) groups is 1. The third-order valence-corrected chi connectivity index (χ3v) is 3.71. The molecule has 0 spiro atoms. The molecule has 0 N–H and O–H groups in total. The van der Waals surface area contributed by atoms with E-state index in [-0.39, 0.29) is 5.97 Å². The Morgan fingerprint density at radius 1 is 0.783 bits per heavy atom. The molecule has 3 aromatic rings. The Balaban J connectivity index is 2.12. The molecule has 0 radical (unpaired) electrons. The lowest BCUT2D eigenvalue weighted by Crippen LogP contribution is -2.06. The molecule has 0 bridgehead atoms. The van der Waals surface area contributed by atoms with E-state index in [2.05, 4.69) is 0 Å². The maximum Gasteiger partial charge on any atom is 0.338 e. The van der Waals surface area contributed by atoms with Gasteiger partial charge in [-0.3, -0.25) is 0 Å². The van der Waals surface area contributed by atoms with Crippen molar-refractivity contribution >= 4 is 5.97 Å². The molecule has 0 saturated heterocycles. The minimum atomic E-state index is -0.288. The van der Waals surface area contributed by atoms with Crippen LogP contribution in [0.2, 0.25) is 0 Å². The van der Waals surface area contributed by atoms with Crippen LogP contribution in [-0.4, -0.2) is 12.6 Å². The quantitative estimate of drug-likeness (QED) is 0.619. The van der Waals surface area contributed by atoms with Crippen LogP contribution in [0, 0.1) is 0 Å². The second kappa shape index (κ2) is 6.93. The highest BCUT2D eigenvalue weighted by Crippen LogP contribution is 2.29. The van der Waals surface area contributed by atoms with E-state index in [1.54, 1.807) is 0 Å². The average Bonchev–Trinajstić information content (AvgIpc) is 2.63. The fraction of sp³-hybridized carbons (Fsp3) is 0.0952. The van der Waals surface area contributed by atoms with Crippen molar-refractivity contribution in [2.24, 2.45) is 0 Å². The van der Waals surface area contributed by atoms with Gasteiger partial charge in [0.05, 0.1) is 12.2 Å². The molecule has 2 nitrogen and oxygen atoms in total. The number of hydrogen-bond acceptors (Lipinski definition) is 2. The summed E-state index contributed by atoms with van der Waals surface area (Å²) in [5.41, 5.74) is 4.59. The van der Waals surface area contributed by atoms with Crippen molar-refractivity contribution in [3.63, 3.8) is 0 Å². The topological polar surface area (TPSA) is 26.3 Å². The van der Waals surface area contributed by atoms with Crippen molar-refractivity contribution in [1.29, 1.82) is 0 Å². The number of hydrogen-bond donors (Lipinski definition) is 0. The Morgan fingerprint density at radius 3 is 2.00 bits per heavy atom. The van der Waals surface area contributed by atoms with Crippen molar-refractivity contribution in [3.05, 3.63) is 84.4 Å². The molecule has 0 aromatic heterocycles. The smallest absolute Gasteiger partial charge is 0.338 e. The predicted octanol–water partition coefficient (Wildman–Crippen LogP) is 5.20. The normalized spacial score (nSPS) is 10.3. The lowest BCUT2D eigenvalue weighted by atomic mass is 9.95. The summed E-state index contributed by atoms with van der Waals surface area (Å²) in [6.07, 6.45) is 0. The standard InChI is InChI=1S/C21H18O2/c1-2-23-21(22)20-15-18(16-9-5-3-6-10-16)13-14-19(20)17-11-7-4-8-12-17/h3-15H,2H2,1H3. The zero-order valence-electron chi connectivity index (χ0n) is 13.0. The zero-order chi connectivity index (χ0) is 16.1. The lowest BCUT2D eigenvalue weighted by Gasteiger charge is -2.12. The number of rotatable bonds is 4. The van der Waals surface area contributed by atoms with Crippen LogP contribution in [0.5, 0.6) is 0 Å². The Bertz CT molecular complexity index is 793. The molecule has 0 atom stereocenters. The van der Waals surface area contributed by atoms with E-state index < -0.39 is 0 Å². The summed E-state index contributed by atoms with van der Waals surface area (Å²) in [7, 11) is 0. The van der Waals surface area contributed by atoms with Crippen molar-refractivity contribution in [3.8, 4) is 22.3 Å². The third kappa shape index (κ3) is 3.32. The van der Waals surface area contributed by atoms with Crippen LogP contribution < -0.4 is 0 Å². The summed E-state index contributed by atoms with van der Waals surface area (Å²) in [4.78, 5) is 12.4. The van der Waals surface area contributed by atoms with Crippen LogP contribution >= 0.6 is 0 Å². The van der Waals surface area contributed by atoms with Gasteiger partial charge in [0.25, 0.3) is 0 Å². The van der Waals surface area contributed by atoms with Crippen LogP contribution in [0.3, 0.4) is 0 Å². The van der Waals surface area contributed by atoms with Crippen molar-refractivity contribution in [2.45, 2.75) is 6.92 Å². The van der Waals surface area contributed by atoms with Gasteiger partial charge < -0.3 is 4.74 Å². The summed E-state index contributed by atoms with van der Waals surface area (Å²) in [6, 6.07) is 25.9. The summed E-state index contributed by atoms with van der Waals surface area (Å²) >= 11 is 0. The SMILES string of the molecule is CCOC(=O)c1cc(-c2ccccc2)ccc1-c1ccccc1. The van der Waals surface area contributed by atoms with Crippen molar-refractivity contribution in [2.75, 3.05) is 6.61 Å². The summed E-state index contributed by atoms with van der Waals surface area (Å²) < 4.78 is 5.24. The average molecular weight is 302 g/mol. The second-order valence-electron chi connectivity index (χ2n) is 5.21. The van der Waals surface area contributed by atoms with Gasteiger partial charge in [0, 0.05) is 0 Å². The van der Waals surface area contributed by atoms with Gasteiger partial charge in [0.15, 0.2) is 0 Å². The van der Waals surface area contributed by atoms with Gasteiger partial charge in [-0.25, -0.2) is 4.79 Å². The van der Waals surface area contributed by atoms with E-state index >= 15 is 0 Å². The molecule has 114 valence electrons.